The van der Waals surface area contributed by atoms with Crippen molar-refractivity contribution in [1.82, 2.24) is 4.90 Å². The maximum absolute atomic E-state index is 10.7. The first-order valence-corrected chi connectivity index (χ1v) is 7.54. The highest BCUT2D eigenvalue weighted by molar-refractivity contribution is 5.57. The SMILES string of the molecule is OC1CN2[C@H](O)c3cc4c(cc3[C@]13C=C[C@H](O)C[C@@H]23)OCO4. The Balaban J connectivity index is 1.79. The van der Waals surface area contributed by atoms with Gasteiger partial charge in [-0.3, -0.25) is 4.90 Å². The third-order valence-corrected chi connectivity index (χ3v) is 5.55. The van der Waals surface area contributed by atoms with Gasteiger partial charge in [-0.1, -0.05) is 12.2 Å². The normalized spacial score (nSPS) is 43.9. The summed E-state index contributed by atoms with van der Waals surface area (Å²) < 4.78 is 10.9. The van der Waals surface area contributed by atoms with E-state index < -0.39 is 23.9 Å². The Kier molecular flexibility index (Phi) is 2.36. The minimum absolute atomic E-state index is 0.120. The lowest BCUT2D eigenvalue weighted by Gasteiger charge is -2.47. The molecule has 6 heteroatoms. The molecule has 116 valence electrons. The Morgan fingerprint density at radius 2 is 1.91 bits per heavy atom. The molecule has 5 rings (SSSR count). The summed E-state index contributed by atoms with van der Waals surface area (Å²) in [5.74, 6) is 1.27. The molecule has 1 aromatic rings. The zero-order valence-electron chi connectivity index (χ0n) is 11.8. The van der Waals surface area contributed by atoms with E-state index in [1.54, 1.807) is 6.08 Å². The van der Waals surface area contributed by atoms with Gasteiger partial charge in [-0.2, -0.15) is 0 Å². The standard InChI is InChI=1S/C16H17NO5/c18-8-1-2-16-10-5-12-11(21-7-22-12)4-9(10)15(20)17(6-14(16)19)13(16)3-8/h1-2,4-5,8,13-15,18-20H,3,6-7H2/t8-,13+,14?,15+,16-/m0/s1. The highest BCUT2D eigenvalue weighted by Crippen LogP contribution is 2.56. The van der Waals surface area contributed by atoms with Crippen molar-refractivity contribution in [3.05, 3.63) is 35.4 Å². The number of ether oxygens (including phenoxy) is 2. The van der Waals surface area contributed by atoms with Crippen molar-refractivity contribution in [3.8, 4) is 11.5 Å². The van der Waals surface area contributed by atoms with E-state index >= 15 is 0 Å². The van der Waals surface area contributed by atoms with Gasteiger partial charge in [0.1, 0.15) is 6.23 Å². The minimum atomic E-state index is -0.807. The summed E-state index contributed by atoms with van der Waals surface area (Å²) in [5.41, 5.74) is 1.02. The van der Waals surface area contributed by atoms with Crippen molar-refractivity contribution < 1.29 is 24.8 Å². The Morgan fingerprint density at radius 1 is 1.14 bits per heavy atom. The maximum Gasteiger partial charge on any atom is 0.231 e. The minimum Gasteiger partial charge on any atom is -0.454 e. The van der Waals surface area contributed by atoms with Gasteiger partial charge < -0.3 is 24.8 Å². The monoisotopic (exact) mass is 303 g/mol. The molecule has 22 heavy (non-hydrogen) atoms. The predicted molar refractivity (Wildman–Crippen MR) is 75.5 cm³/mol. The van der Waals surface area contributed by atoms with Gasteiger partial charge in [0.15, 0.2) is 11.5 Å². The second-order valence-electron chi connectivity index (χ2n) is 6.49. The van der Waals surface area contributed by atoms with Crippen LogP contribution in [0.2, 0.25) is 0 Å². The number of hydrogen-bond acceptors (Lipinski definition) is 6. The van der Waals surface area contributed by atoms with Gasteiger partial charge in [0, 0.05) is 18.2 Å². The Labute approximate surface area is 127 Å². The summed E-state index contributed by atoms with van der Waals surface area (Å²) in [6.45, 7) is 0.551. The van der Waals surface area contributed by atoms with Crippen molar-refractivity contribution in [2.45, 2.75) is 36.3 Å². The number of rotatable bonds is 0. The lowest BCUT2D eigenvalue weighted by molar-refractivity contribution is -0.0364. The van der Waals surface area contributed by atoms with Crippen molar-refractivity contribution in [2.24, 2.45) is 0 Å². The average molecular weight is 303 g/mol. The van der Waals surface area contributed by atoms with Crippen LogP contribution in [0.25, 0.3) is 0 Å². The summed E-state index contributed by atoms with van der Waals surface area (Å²) in [6, 6.07) is 3.57. The zero-order chi connectivity index (χ0) is 15.1. The topological polar surface area (TPSA) is 82.4 Å². The second-order valence-corrected chi connectivity index (χ2v) is 6.49. The molecule has 0 radical (unpaired) electrons. The zero-order valence-corrected chi connectivity index (χ0v) is 11.8. The molecule has 0 spiro atoms. The van der Waals surface area contributed by atoms with Gasteiger partial charge in [0.2, 0.25) is 6.79 Å². The molecule has 6 nitrogen and oxygen atoms in total. The molecule has 3 aliphatic heterocycles. The van der Waals surface area contributed by atoms with Crippen LogP contribution in [0.3, 0.4) is 0 Å². The molecule has 1 aromatic carbocycles. The molecule has 0 saturated carbocycles. The molecule has 3 heterocycles. The largest absolute Gasteiger partial charge is 0.454 e. The number of aliphatic hydroxyl groups excluding tert-OH is 3. The number of nitrogens with zero attached hydrogens (tertiary/aromatic N) is 1. The third-order valence-electron chi connectivity index (χ3n) is 5.55. The van der Waals surface area contributed by atoms with E-state index in [0.29, 0.717) is 24.5 Å². The summed E-state index contributed by atoms with van der Waals surface area (Å²) in [7, 11) is 0. The van der Waals surface area contributed by atoms with E-state index in [2.05, 4.69) is 0 Å². The quantitative estimate of drug-likeness (QED) is 0.586. The van der Waals surface area contributed by atoms with E-state index in [9.17, 15) is 15.3 Å². The first-order chi connectivity index (χ1) is 10.6. The van der Waals surface area contributed by atoms with Gasteiger partial charge in [0.05, 0.1) is 17.6 Å². The highest BCUT2D eigenvalue weighted by Gasteiger charge is 2.60. The van der Waals surface area contributed by atoms with Gasteiger partial charge >= 0.3 is 0 Å². The lowest BCUT2D eigenvalue weighted by atomic mass is 9.65. The maximum atomic E-state index is 10.7. The smallest absolute Gasteiger partial charge is 0.231 e. The first-order valence-electron chi connectivity index (χ1n) is 7.54. The number of aliphatic hydroxyl groups is 3. The Morgan fingerprint density at radius 3 is 2.73 bits per heavy atom. The lowest BCUT2D eigenvalue weighted by Crippen LogP contribution is -2.53. The molecule has 4 aliphatic rings. The summed E-state index contributed by atoms with van der Waals surface area (Å²) >= 11 is 0. The van der Waals surface area contributed by atoms with Gasteiger partial charge in [-0.05, 0) is 24.1 Å². The second kappa shape index (κ2) is 4.02. The first kappa shape index (κ1) is 12.9. The Bertz CT molecular complexity index is 689. The van der Waals surface area contributed by atoms with Crippen molar-refractivity contribution in [3.63, 3.8) is 0 Å². The fourth-order valence-corrected chi connectivity index (χ4v) is 4.55. The molecule has 6 atom stereocenters. The number of fused-ring (bicyclic) bond motifs is 2. The van der Waals surface area contributed by atoms with Crippen LogP contribution in [0.1, 0.15) is 23.8 Å². The Hall–Kier alpha value is -1.60. The summed E-state index contributed by atoms with van der Waals surface area (Å²) in [4.78, 5) is 1.88. The van der Waals surface area contributed by atoms with E-state index in [1.165, 1.54) is 0 Å². The summed E-state index contributed by atoms with van der Waals surface area (Å²) in [5, 5.41) is 31.4. The van der Waals surface area contributed by atoms with Gasteiger partial charge in [-0.25, -0.2) is 0 Å². The van der Waals surface area contributed by atoms with Gasteiger partial charge in [-0.15, -0.1) is 0 Å². The van der Waals surface area contributed by atoms with Crippen LogP contribution in [0, 0.1) is 0 Å². The molecular formula is C16H17NO5. The van der Waals surface area contributed by atoms with Crippen molar-refractivity contribution in [1.29, 1.82) is 0 Å². The predicted octanol–water partition coefficient (Wildman–Crippen LogP) is 0.0235. The van der Waals surface area contributed by atoms with Crippen LogP contribution in [0.15, 0.2) is 24.3 Å². The van der Waals surface area contributed by atoms with Crippen molar-refractivity contribution >= 4 is 0 Å². The van der Waals surface area contributed by atoms with Crippen molar-refractivity contribution in [2.75, 3.05) is 13.3 Å². The molecule has 0 aromatic heterocycles. The van der Waals surface area contributed by atoms with Crippen LogP contribution in [0.4, 0.5) is 0 Å². The number of benzene rings is 1. The third kappa shape index (κ3) is 1.34. The molecule has 0 amide bonds. The highest BCUT2D eigenvalue weighted by atomic mass is 16.7. The molecule has 2 unspecified atom stereocenters. The van der Waals surface area contributed by atoms with Crippen LogP contribution in [-0.2, 0) is 5.41 Å². The average Bonchev–Trinajstić information content (AvgIpc) is 3.05. The molecule has 2 bridgehead atoms. The molecule has 1 saturated heterocycles. The molecule has 1 fully saturated rings. The fraction of sp³-hybridized carbons (Fsp3) is 0.500. The van der Waals surface area contributed by atoms with Crippen LogP contribution >= 0.6 is 0 Å². The number of hydrogen-bond donors (Lipinski definition) is 3. The van der Waals surface area contributed by atoms with E-state index in [4.69, 9.17) is 9.47 Å². The fourth-order valence-electron chi connectivity index (χ4n) is 4.55. The van der Waals surface area contributed by atoms with Gasteiger partial charge in [0.25, 0.3) is 0 Å². The van der Waals surface area contributed by atoms with Crippen LogP contribution in [-0.4, -0.2) is 51.8 Å². The van der Waals surface area contributed by atoms with Crippen LogP contribution in [0.5, 0.6) is 11.5 Å². The van der Waals surface area contributed by atoms with E-state index in [0.717, 1.165) is 11.1 Å². The molecular weight excluding hydrogens is 286 g/mol. The molecule has 1 aliphatic carbocycles. The summed E-state index contributed by atoms with van der Waals surface area (Å²) in [6.07, 6.45) is 2.17. The van der Waals surface area contributed by atoms with E-state index in [1.807, 2.05) is 23.1 Å². The van der Waals surface area contributed by atoms with Crippen LogP contribution < -0.4 is 9.47 Å². The van der Waals surface area contributed by atoms with E-state index in [-0.39, 0.29) is 12.8 Å². The molecule has 3 N–H and O–H groups in total.